The fourth-order valence-electron chi connectivity index (χ4n) is 7.02. The predicted molar refractivity (Wildman–Crippen MR) is 193 cm³/mol. The summed E-state index contributed by atoms with van der Waals surface area (Å²) in [6.45, 7) is 18.0. The summed E-state index contributed by atoms with van der Waals surface area (Å²) >= 11 is 1.95. The number of aryl methyl sites for hydroxylation is 2. The van der Waals surface area contributed by atoms with Crippen LogP contribution in [0.1, 0.15) is 102 Å². The number of nitrogens with zero attached hydrogens (tertiary/aromatic N) is 2. The number of imidazole rings is 1. The number of methoxy groups -OCH3 is 1. The van der Waals surface area contributed by atoms with Crippen molar-refractivity contribution in [3.05, 3.63) is 48.0 Å². The van der Waals surface area contributed by atoms with E-state index in [4.69, 9.17) is 9.84 Å². The first-order valence-electron chi connectivity index (χ1n) is 17.3. The van der Waals surface area contributed by atoms with E-state index < -0.39 is 31.7 Å². The van der Waals surface area contributed by atoms with Crippen molar-refractivity contribution in [3.63, 3.8) is 0 Å². The molecule has 0 bridgehead atoms. The second-order valence-electron chi connectivity index (χ2n) is 15.2. The van der Waals surface area contributed by atoms with E-state index in [1.54, 1.807) is 19.6 Å². The van der Waals surface area contributed by atoms with E-state index in [-0.39, 0.29) is 23.5 Å². The van der Waals surface area contributed by atoms with Crippen molar-refractivity contribution in [3.8, 4) is 0 Å². The van der Waals surface area contributed by atoms with Crippen LogP contribution >= 0.6 is 11.8 Å². The summed E-state index contributed by atoms with van der Waals surface area (Å²) in [6, 6.07) is 7.84. The summed E-state index contributed by atoms with van der Waals surface area (Å²) in [5.74, 6) is -1.04. The molecule has 1 aromatic carbocycles. The van der Waals surface area contributed by atoms with E-state index >= 15 is 0 Å². The van der Waals surface area contributed by atoms with Crippen molar-refractivity contribution in [2.45, 2.75) is 141 Å². The van der Waals surface area contributed by atoms with Gasteiger partial charge in [-0.3, -0.25) is 9.59 Å². The second-order valence-corrected chi connectivity index (χ2v) is 22.1. The average Bonchev–Trinajstić information content (AvgIpc) is 3.48. The Kier molecular flexibility index (Phi) is 16.6. The molecule has 0 saturated carbocycles. The standard InChI is InChI=1S/C37H62N2O5SSi/c1-27(2)35(31(18-21-46(7,8)9)37(5,36(42)43)25-33(44-6)39-20-19-38-26-39)32(45-30-23-28(3)22-29(4)24-30)16-14-12-10-11-13-15-17-34(40)41/h19-20,22-24,26-27,31-33,35H,10-18,21,25H2,1-9H3,(H,40,41)(H,42,43). The highest BCUT2D eigenvalue weighted by molar-refractivity contribution is 8.00. The van der Waals surface area contributed by atoms with Gasteiger partial charge >= 0.3 is 11.9 Å². The third-order valence-corrected chi connectivity index (χ3v) is 12.7. The minimum Gasteiger partial charge on any atom is -0.481 e. The number of rotatable bonds is 23. The largest absolute Gasteiger partial charge is 0.481 e. The van der Waals surface area contributed by atoms with Gasteiger partial charge < -0.3 is 19.5 Å². The SMILES string of the molecule is COC(CC(C)(C(=O)O)C(CC[Si](C)(C)C)C(C(C)C)C(CCCCCCCCC(=O)O)Sc1cc(C)cc(C)c1)n1ccnc1. The lowest BCUT2D eigenvalue weighted by atomic mass is 9.63. The van der Waals surface area contributed by atoms with Crippen molar-refractivity contribution < 1.29 is 24.5 Å². The lowest BCUT2D eigenvalue weighted by Crippen LogP contribution is -2.46. The minimum absolute atomic E-state index is 0.0441. The molecular weight excluding hydrogens is 613 g/mol. The van der Waals surface area contributed by atoms with Crippen molar-refractivity contribution in [2.24, 2.45) is 23.2 Å². The molecule has 0 radical (unpaired) electrons. The van der Waals surface area contributed by atoms with E-state index in [1.807, 2.05) is 29.4 Å². The van der Waals surface area contributed by atoms with Crippen molar-refractivity contribution in [1.29, 1.82) is 0 Å². The van der Waals surface area contributed by atoms with Gasteiger partial charge in [0.25, 0.3) is 0 Å². The van der Waals surface area contributed by atoms with Gasteiger partial charge in [0.05, 0.1) is 11.7 Å². The monoisotopic (exact) mass is 674 g/mol. The lowest BCUT2D eigenvalue weighted by molar-refractivity contribution is -0.158. The van der Waals surface area contributed by atoms with Crippen LogP contribution in [0.2, 0.25) is 25.7 Å². The van der Waals surface area contributed by atoms with E-state index in [0.29, 0.717) is 12.3 Å². The maximum absolute atomic E-state index is 13.5. The Morgan fingerprint density at radius 2 is 1.59 bits per heavy atom. The molecule has 7 nitrogen and oxygen atoms in total. The first-order valence-corrected chi connectivity index (χ1v) is 21.9. The number of benzene rings is 1. The molecule has 1 heterocycles. The summed E-state index contributed by atoms with van der Waals surface area (Å²) in [4.78, 5) is 29.9. The Bertz CT molecular complexity index is 1180. The molecule has 5 unspecified atom stereocenters. The van der Waals surface area contributed by atoms with Crippen LogP contribution in [-0.2, 0) is 14.3 Å². The molecule has 260 valence electrons. The van der Waals surface area contributed by atoms with E-state index in [1.165, 1.54) is 16.0 Å². The molecule has 0 spiro atoms. The number of aromatic nitrogens is 2. The van der Waals surface area contributed by atoms with Gasteiger partial charge in [-0.1, -0.05) is 84.1 Å². The molecule has 0 fully saturated rings. The van der Waals surface area contributed by atoms with Gasteiger partial charge in [0.15, 0.2) is 0 Å². The molecule has 0 amide bonds. The topological polar surface area (TPSA) is 102 Å². The van der Waals surface area contributed by atoms with Crippen LogP contribution in [0.25, 0.3) is 0 Å². The Balaban J connectivity index is 2.50. The zero-order chi connectivity index (χ0) is 34.5. The van der Waals surface area contributed by atoms with Crippen molar-refractivity contribution >= 4 is 31.8 Å². The summed E-state index contributed by atoms with van der Waals surface area (Å²) < 4.78 is 7.81. The highest BCUT2D eigenvalue weighted by Gasteiger charge is 2.49. The van der Waals surface area contributed by atoms with Gasteiger partial charge in [0.2, 0.25) is 0 Å². The van der Waals surface area contributed by atoms with Gasteiger partial charge in [-0.15, -0.1) is 11.8 Å². The van der Waals surface area contributed by atoms with E-state index in [2.05, 4.69) is 70.5 Å². The van der Waals surface area contributed by atoms with Gasteiger partial charge in [-0.2, -0.15) is 0 Å². The van der Waals surface area contributed by atoms with Crippen LogP contribution in [0.4, 0.5) is 0 Å². The van der Waals surface area contributed by atoms with Crippen molar-refractivity contribution in [2.75, 3.05) is 7.11 Å². The Hall–Kier alpha value is -2.10. The van der Waals surface area contributed by atoms with Crippen LogP contribution < -0.4 is 0 Å². The normalized spacial score (nSPS) is 16.1. The highest BCUT2D eigenvalue weighted by Crippen LogP contribution is 2.51. The summed E-state index contributed by atoms with van der Waals surface area (Å²) in [5, 5.41) is 20.3. The van der Waals surface area contributed by atoms with E-state index in [0.717, 1.165) is 57.4 Å². The third-order valence-electron chi connectivity index (χ3n) is 9.52. The maximum atomic E-state index is 13.5. The second kappa shape index (κ2) is 19.0. The maximum Gasteiger partial charge on any atom is 0.309 e. The molecular formula is C37H62N2O5SSi. The number of ether oxygens (including phenoxy) is 1. The number of carboxylic acid groups (broad SMARTS) is 2. The molecule has 0 aliphatic carbocycles. The number of aliphatic carboxylic acids is 2. The average molecular weight is 675 g/mol. The Morgan fingerprint density at radius 3 is 2.09 bits per heavy atom. The molecule has 0 aliphatic rings. The quantitative estimate of drug-likeness (QED) is 0.0687. The van der Waals surface area contributed by atoms with Crippen LogP contribution in [0.15, 0.2) is 41.8 Å². The first-order chi connectivity index (χ1) is 21.6. The zero-order valence-electron chi connectivity index (χ0n) is 30.1. The fourth-order valence-corrected chi connectivity index (χ4v) is 10.0. The highest BCUT2D eigenvalue weighted by atomic mass is 32.2. The van der Waals surface area contributed by atoms with Gasteiger partial charge in [0.1, 0.15) is 6.23 Å². The smallest absolute Gasteiger partial charge is 0.309 e. The van der Waals surface area contributed by atoms with Crippen LogP contribution in [0, 0.1) is 37.0 Å². The zero-order valence-corrected chi connectivity index (χ0v) is 31.9. The van der Waals surface area contributed by atoms with Gasteiger partial charge in [0, 0.05) is 50.6 Å². The van der Waals surface area contributed by atoms with E-state index in [9.17, 15) is 14.7 Å². The lowest BCUT2D eigenvalue weighted by Gasteiger charge is -2.46. The summed E-state index contributed by atoms with van der Waals surface area (Å²) in [6.07, 6.45) is 13.4. The molecule has 0 aliphatic heterocycles. The Labute approximate surface area is 284 Å². The van der Waals surface area contributed by atoms with Gasteiger partial charge in [-0.25, -0.2) is 4.98 Å². The Morgan fingerprint density at radius 1 is 0.978 bits per heavy atom. The first kappa shape index (κ1) is 40.1. The molecule has 5 atom stereocenters. The fraction of sp³-hybridized carbons (Fsp3) is 0.703. The van der Waals surface area contributed by atoms with Crippen LogP contribution in [0.3, 0.4) is 0 Å². The van der Waals surface area contributed by atoms with Crippen LogP contribution in [0.5, 0.6) is 0 Å². The molecule has 0 saturated heterocycles. The molecule has 2 N–H and O–H groups in total. The molecule has 2 aromatic rings. The van der Waals surface area contributed by atoms with Crippen LogP contribution in [-0.4, -0.2) is 52.1 Å². The number of thioether (sulfide) groups is 1. The number of hydrogen-bond acceptors (Lipinski definition) is 5. The molecule has 2 rings (SSSR count). The number of unbranched alkanes of at least 4 members (excludes halogenated alkanes) is 5. The number of carbonyl (C=O) groups is 2. The third kappa shape index (κ3) is 13.2. The predicted octanol–water partition coefficient (Wildman–Crippen LogP) is 10.1. The number of hydrogen-bond donors (Lipinski definition) is 2. The summed E-state index contributed by atoms with van der Waals surface area (Å²) in [7, 11) is 0.180. The summed E-state index contributed by atoms with van der Waals surface area (Å²) in [5.41, 5.74) is 1.49. The number of carboxylic acids is 2. The van der Waals surface area contributed by atoms with Crippen molar-refractivity contribution in [1.82, 2.24) is 9.55 Å². The molecule has 9 heteroatoms. The minimum atomic E-state index is -1.48. The molecule has 1 aromatic heterocycles. The van der Waals surface area contributed by atoms with Gasteiger partial charge in [-0.05, 0) is 74.6 Å². The molecule has 46 heavy (non-hydrogen) atoms.